The second-order valence-corrected chi connectivity index (χ2v) is 4.67. The van der Waals surface area contributed by atoms with Gasteiger partial charge in [0.2, 0.25) is 0 Å². The third-order valence-electron chi connectivity index (χ3n) is 2.39. The minimum absolute atomic E-state index is 0.333. The molecule has 0 heterocycles. The molecule has 0 saturated heterocycles. The molecule has 0 atom stereocenters. The van der Waals surface area contributed by atoms with E-state index >= 15 is 0 Å². The maximum Gasteiger partial charge on any atom is 0.333 e. The van der Waals surface area contributed by atoms with Gasteiger partial charge in [0.15, 0.2) is 0 Å². The fourth-order valence-electron chi connectivity index (χ4n) is 1.67. The minimum atomic E-state index is -4.16. The summed E-state index contributed by atoms with van der Waals surface area (Å²) in [7, 11) is -4.16. The van der Waals surface area contributed by atoms with Crippen LogP contribution in [-0.2, 0) is 15.1 Å². The molecule has 7 heteroatoms. The second kappa shape index (κ2) is 4.24. The Bertz CT molecular complexity index is 304. The normalized spacial score (nSPS) is 28.6. The van der Waals surface area contributed by atoms with Gasteiger partial charge in [-0.25, -0.2) is 0 Å². The lowest BCUT2D eigenvalue weighted by molar-refractivity contribution is -0.142. The largest absolute Gasteiger partial charge is 0.481 e. The Balaban J connectivity index is 2.40. The van der Waals surface area contributed by atoms with E-state index in [1.54, 1.807) is 0 Å². The molecule has 1 rings (SSSR count). The average molecular weight is 223 g/mol. The van der Waals surface area contributed by atoms with Crippen molar-refractivity contribution in [2.75, 3.05) is 0 Å². The summed E-state index contributed by atoms with van der Waals surface area (Å²) in [6, 6.07) is -0.333. The SMILES string of the molecule is O=C(O)C1CCC(NS(=O)(=O)O)CC1. The van der Waals surface area contributed by atoms with Crippen molar-refractivity contribution in [1.82, 2.24) is 4.72 Å². The van der Waals surface area contributed by atoms with Gasteiger partial charge in [-0.2, -0.15) is 13.1 Å². The van der Waals surface area contributed by atoms with Crippen molar-refractivity contribution in [1.29, 1.82) is 0 Å². The van der Waals surface area contributed by atoms with Crippen LogP contribution in [0, 0.1) is 5.92 Å². The van der Waals surface area contributed by atoms with Crippen LogP contribution in [0.3, 0.4) is 0 Å². The van der Waals surface area contributed by atoms with Crippen LogP contribution in [0.15, 0.2) is 0 Å². The summed E-state index contributed by atoms with van der Waals surface area (Å²) in [5.41, 5.74) is 0. The molecule has 0 aromatic rings. The van der Waals surface area contributed by atoms with Gasteiger partial charge >= 0.3 is 16.3 Å². The van der Waals surface area contributed by atoms with Crippen molar-refractivity contribution in [3.05, 3.63) is 0 Å². The molecule has 0 bridgehead atoms. The summed E-state index contributed by atoms with van der Waals surface area (Å²) in [6.07, 6.45) is 1.80. The number of hydrogen-bond donors (Lipinski definition) is 3. The number of nitrogens with one attached hydrogen (secondary N) is 1. The minimum Gasteiger partial charge on any atom is -0.481 e. The highest BCUT2D eigenvalue weighted by Gasteiger charge is 2.27. The summed E-state index contributed by atoms with van der Waals surface area (Å²) in [5.74, 6) is -1.22. The smallest absolute Gasteiger partial charge is 0.333 e. The topological polar surface area (TPSA) is 104 Å². The maximum atomic E-state index is 10.6. The van der Waals surface area contributed by atoms with Crippen LogP contribution in [0.5, 0.6) is 0 Å². The molecule has 6 nitrogen and oxygen atoms in total. The highest BCUT2D eigenvalue weighted by molar-refractivity contribution is 7.83. The van der Waals surface area contributed by atoms with Gasteiger partial charge in [-0.3, -0.25) is 9.35 Å². The molecule has 82 valence electrons. The number of carbonyl (C=O) groups is 1. The van der Waals surface area contributed by atoms with E-state index in [1.165, 1.54) is 0 Å². The first kappa shape index (κ1) is 11.4. The summed E-state index contributed by atoms with van der Waals surface area (Å²) in [4.78, 5) is 10.6. The Hall–Kier alpha value is -0.660. The molecule has 3 N–H and O–H groups in total. The summed E-state index contributed by atoms with van der Waals surface area (Å²) < 4.78 is 31.4. The molecule has 0 aromatic heterocycles. The van der Waals surface area contributed by atoms with Crippen molar-refractivity contribution in [3.63, 3.8) is 0 Å². The molecule has 14 heavy (non-hydrogen) atoms. The zero-order chi connectivity index (χ0) is 10.8. The molecule has 1 fully saturated rings. The van der Waals surface area contributed by atoms with Crippen LogP contribution < -0.4 is 4.72 Å². The Morgan fingerprint density at radius 1 is 1.21 bits per heavy atom. The van der Waals surface area contributed by atoms with Gasteiger partial charge in [0, 0.05) is 6.04 Å². The van der Waals surface area contributed by atoms with Crippen molar-refractivity contribution in [2.24, 2.45) is 5.92 Å². The molecule has 0 unspecified atom stereocenters. The summed E-state index contributed by atoms with van der Waals surface area (Å²) in [5, 5.41) is 8.67. The lowest BCUT2D eigenvalue weighted by Gasteiger charge is -2.25. The van der Waals surface area contributed by atoms with Gasteiger partial charge in [-0.1, -0.05) is 0 Å². The van der Waals surface area contributed by atoms with Crippen molar-refractivity contribution >= 4 is 16.3 Å². The van der Waals surface area contributed by atoms with Gasteiger partial charge in [0.1, 0.15) is 0 Å². The van der Waals surface area contributed by atoms with Crippen molar-refractivity contribution in [3.8, 4) is 0 Å². The Morgan fingerprint density at radius 2 is 1.71 bits per heavy atom. The average Bonchev–Trinajstić information content (AvgIpc) is 2.02. The molecule has 0 aromatic carbocycles. The maximum absolute atomic E-state index is 10.6. The van der Waals surface area contributed by atoms with E-state index in [0.717, 1.165) is 0 Å². The zero-order valence-electron chi connectivity index (χ0n) is 7.51. The first-order valence-corrected chi connectivity index (χ1v) is 5.80. The number of rotatable bonds is 3. The van der Waals surface area contributed by atoms with Crippen LogP contribution in [0.25, 0.3) is 0 Å². The molecule has 1 aliphatic carbocycles. The molecular weight excluding hydrogens is 210 g/mol. The summed E-state index contributed by atoms with van der Waals surface area (Å²) >= 11 is 0. The molecule has 1 saturated carbocycles. The lowest BCUT2D eigenvalue weighted by Crippen LogP contribution is -2.38. The van der Waals surface area contributed by atoms with Gasteiger partial charge in [0.25, 0.3) is 0 Å². The van der Waals surface area contributed by atoms with E-state index in [1.807, 2.05) is 0 Å². The van der Waals surface area contributed by atoms with Gasteiger partial charge < -0.3 is 5.11 Å². The van der Waals surface area contributed by atoms with E-state index in [9.17, 15) is 13.2 Å². The predicted octanol–water partition coefficient (Wildman–Crippen LogP) is 0.0222. The van der Waals surface area contributed by atoms with Crippen LogP contribution >= 0.6 is 0 Å². The Morgan fingerprint density at radius 3 is 2.07 bits per heavy atom. The first-order valence-electron chi connectivity index (χ1n) is 4.36. The second-order valence-electron chi connectivity index (χ2n) is 3.48. The first-order chi connectivity index (χ1) is 6.38. The molecule has 1 aliphatic rings. The van der Waals surface area contributed by atoms with Crippen LogP contribution in [0.4, 0.5) is 0 Å². The van der Waals surface area contributed by atoms with E-state index in [-0.39, 0.29) is 12.0 Å². The molecule has 0 radical (unpaired) electrons. The standard InChI is InChI=1S/C7H13NO5S/c9-7(10)5-1-3-6(4-2-5)8-14(11,12)13/h5-6,8H,1-4H2,(H,9,10)(H,11,12,13). The zero-order valence-corrected chi connectivity index (χ0v) is 8.33. The molecular formula is C7H13NO5S. The molecule has 0 aliphatic heterocycles. The fraction of sp³-hybridized carbons (Fsp3) is 0.857. The van der Waals surface area contributed by atoms with Gasteiger partial charge in [0.05, 0.1) is 5.92 Å². The third-order valence-corrected chi connectivity index (χ3v) is 3.02. The van der Waals surface area contributed by atoms with Crippen molar-refractivity contribution in [2.45, 2.75) is 31.7 Å². The van der Waals surface area contributed by atoms with E-state index in [2.05, 4.69) is 4.72 Å². The number of hydrogen-bond acceptors (Lipinski definition) is 3. The van der Waals surface area contributed by atoms with E-state index in [0.29, 0.717) is 25.7 Å². The number of carboxylic acid groups (broad SMARTS) is 1. The quantitative estimate of drug-likeness (QED) is 0.585. The van der Waals surface area contributed by atoms with Crippen molar-refractivity contribution < 1.29 is 22.9 Å². The van der Waals surface area contributed by atoms with E-state index in [4.69, 9.17) is 9.66 Å². The highest BCUT2D eigenvalue weighted by atomic mass is 32.2. The summed E-state index contributed by atoms with van der Waals surface area (Å²) in [6.45, 7) is 0. The molecule has 0 amide bonds. The van der Waals surface area contributed by atoms with Crippen LogP contribution in [0.1, 0.15) is 25.7 Å². The van der Waals surface area contributed by atoms with Crippen LogP contribution in [0.2, 0.25) is 0 Å². The van der Waals surface area contributed by atoms with Gasteiger partial charge in [-0.05, 0) is 25.7 Å². The van der Waals surface area contributed by atoms with E-state index < -0.39 is 16.3 Å². The van der Waals surface area contributed by atoms with Gasteiger partial charge in [-0.15, -0.1) is 0 Å². The Labute approximate surface area is 82.2 Å². The fourth-order valence-corrected chi connectivity index (χ4v) is 2.33. The predicted molar refractivity (Wildman–Crippen MR) is 48.1 cm³/mol. The monoisotopic (exact) mass is 223 g/mol. The third kappa shape index (κ3) is 3.60. The van der Waals surface area contributed by atoms with Crippen LogP contribution in [-0.4, -0.2) is 30.1 Å². The number of aliphatic carboxylic acids is 1. The number of carboxylic acids is 1. The molecule has 0 spiro atoms. The highest BCUT2D eigenvalue weighted by Crippen LogP contribution is 2.24. The Kier molecular flexibility index (Phi) is 3.46. The lowest BCUT2D eigenvalue weighted by atomic mass is 9.87.